The Labute approximate surface area is 168 Å². The van der Waals surface area contributed by atoms with E-state index in [1.807, 2.05) is 43.7 Å². The molecule has 4 N–H and O–H groups in total. The Morgan fingerprint density at radius 2 is 1.79 bits per heavy atom. The van der Waals surface area contributed by atoms with Crippen LogP contribution in [-0.4, -0.2) is 37.4 Å². The molecule has 0 aliphatic heterocycles. The summed E-state index contributed by atoms with van der Waals surface area (Å²) >= 11 is 1.62. The second kappa shape index (κ2) is 8.69. The van der Waals surface area contributed by atoms with Gasteiger partial charge < -0.3 is 21.3 Å². The van der Waals surface area contributed by atoms with E-state index in [1.165, 1.54) is 0 Å². The van der Waals surface area contributed by atoms with Crippen molar-refractivity contribution in [3.05, 3.63) is 65.5 Å². The number of nitrogens with two attached hydrogens (primary N) is 1. The van der Waals surface area contributed by atoms with Gasteiger partial charge in [0.15, 0.2) is 0 Å². The van der Waals surface area contributed by atoms with Gasteiger partial charge in [0.2, 0.25) is 5.91 Å². The standard InChI is InChI=1S/C21H22N4O2S/c1-25(2)13-20(26)23-16-8-5-14(6-9-16)21(27)24-18-12-15(7-10-17(18)22)19-4-3-11-28-19/h3-12H,13,22H2,1-2H3,(H,23,26)(H,24,27). The molecule has 144 valence electrons. The Balaban J connectivity index is 1.69. The van der Waals surface area contributed by atoms with E-state index in [0.717, 1.165) is 10.4 Å². The van der Waals surface area contributed by atoms with Crippen LogP contribution in [0.3, 0.4) is 0 Å². The molecule has 0 fully saturated rings. The number of hydrogen-bond acceptors (Lipinski definition) is 5. The quantitative estimate of drug-likeness (QED) is 0.556. The van der Waals surface area contributed by atoms with Gasteiger partial charge >= 0.3 is 0 Å². The van der Waals surface area contributed by atoms with Crippen LogP contribution in [0, 0.1) is 0 Å². The first-order valence-corrected chi connectivity index (χ1v) is 9.60. The van der Waals surface area contributed by atoms with Crippen molar-refractivity contribution in [2.45, 2.75) is 0 Å². The number of likely N-dealkylation sites (N-methyl/N-ethyl adjacent to an activating group) is 1. The molecule has 7 heteroatoms. The Morgan fingerprint density at radius 3 is 2.43 bits per heavy atom. The molecule has 1 aromatic heterocycles. The fourth-order valence-corrected chi connectivity index (χ4v) is 3.37. The van der Waals surface area contributed by atoms with Crippen molar-refractivity contribution in [1.29, 1.82) is 0 Å². The van der Waals surface area contributed by atoms with Crippen LogP contribution in [0.5, 0.6) is 0 Å². The number of amides is 2. The van der Waals surface area contributed by atoms with Crippen molar-refractivity contribution < 1.29 is 9.59 Å². The lowest BCUT2D eigenvalue weighted by Crippen LogP contribution is -2.27. The van der Waals surface area contributed by atoms with Gasteiger partial charge in [0.05, 0.1) is 17.9 Å². The maximum atomic E-state index is 12.6. The maximum absolute atomic E-state index is 12.6. The van der Waals surface area contributed by atoms with Crippen molar-refractivity contribution >= 4 is 40.2 Å². The Bertz CT molecular complexity index is 967. The lowest BCUT2D eigenvalue weighted by molar-refractivity contribution is -0.116. The number of nitrogens with one attached hydrogen (secondary N) is 2. The fourth-order valence-electron chi connectivity index (χ4n) is 2.65. The van der Waals surface area contributed by atoms with Crippen LogP contribution >= 0.6 is 11.3 Å². The molecule has 0 radical (unpaired) electrons. The van der Waals surface area contributed by atoms with E-state index in [2.05, 4.69) is 10.6 Å². The third kappa shape index (κ3) is 4.97. The zero-order valence-electron chi connectivity index (χ0n) is 15.7. The highest BCUT2D eigenvalue weighted by molar-refractivity contribution is 7.13. The van der Waals surface area contributed by atoms with Crippen LogP contribution in [0.4, 0.5) is 17.1 Å². The summed E-state index contributed by atoms with van der Waals surface area (Å²) in [5.41, 5.74) is 9.21. The number of carbonyl (C=O) groups excluding carboxylic acids is 2. The average Bonchev–Trinajstić information content (AvgIpc) is 3.18. The Hall–Kier alpha value is -3.16. The third-order valence-corrected chi connectivity index (χ3v) is 4.92. The average molecular weight is 395 g/mol. The largest absolute Gasteiger partial charge is 0.397 e. The number of anilines is 3. The van der Waals surface area contributed by atoms with E-state index >= 15 is 0 Å². The van der Waals surface area contributed by atoms with Crippen molar-refractivity contribution in [2.24, 2.45) is 0 Å². The predicted molar refractivity (Wildman–Crippen MR) is 116 cm³/mol. The monoisotopic (exact) mass is 394 g/mol. The zero-order chi connectivity index (χ0) is 20.1. The molecule has 0 aliphatic rings. The highest BCUT2D eigenvalue weighted by Crippen LogP contribution is 2.30. The number of benzene rings is 2. The van der Waals surface area contributed by atoms with Gasteiger partial charge in [0.25, 0.3) is 5.91 Å². The molecule has 0 saturated heterocycles. The van der Waals surface area contributed by atoms with Crippen LogP contribution in [0.2, 0.25) is 0 Å². The van der Waals surface area contributed by atoms with Gasteiger partial charge in [-0.2, -0.15) is 0 Å². The molecule has 0 unspecified atom stereocenters. The lowest BCUT2D eigenvalue weighted by atomic mass is 10.1. The molecule has 0 bridgehead atoms. The van der Waals surface area contributed by atoms with Crippen molar-refractivity contribution in [3.8, 4) is 10.4 Å². The highest BCUT2D eigenvalue weighted by Gasteiger charge is 2.11. The molecule has 3 rings (SSSR count). The van der Waals surface area contributed by atoms with Gasteiger partial charge in [0.1, 0.15) is 0 Å². The number of thiophene rings is 1. The fraction of sp³-hybridized carbons (Fsp3) is 0.143. The zero-order valence-corrected chi connectivity index (χ0v) is 16.5. The van der Waals surface area contributed by atoms with Gasteiger partial charge in [0, 0.05) is 16.1 Å². The van der Waals surface area contributed by atoms with E-state index in [0.29, 0.717) is 29.2 Å². The van der Waals surface area contributed by atoms with E-state index in [4.69, 9.17) is 5.73 Å². The summed E-state index contributed by atoms with van der Waals surface area (Å²) in [6.07, 6.45) is 0. The normalized spacial score (nSPS) is 10.7. The minimum absolute atomic E-state index is 0.111. The smallest absolute Gasteiger partial charge is 0.255 e. The summed E-state index contributed by atoms with van der Waals surface area (Å²) < 4.78 is 0. The molecule has 2 amide bonds. The Kier molecular flexibility index (Phi) is 6.08. The van der Waals surface area contributed by atoms with E-state index < -0.39 is 0 Å². The summed E-state index contributed by atoms with van der Waals surface area (Å²) in [6.45, 7) is 0.294. The summed E-state index contributed by atoms with van der Waals surface area (Å²) in [6, 6.07) is 16.3. The molecule has 28 heavy (non-hydrogen) atoms. The van der Waals surface area contributed by atoms with Gasteiger partial charge in [-0.15, -0.1) is 11.3 Å². The lowest BCUT2D eigenvalue weighted by Gasteiger charge is -2.12. The molecular formula is C21H22N4O2S. The molecular weight excluding hydrogens is 372 g/mol. The van der Waals surface area contributed by atoms with Crippen LogP contribution in [0.25, 0.3) is 10.4 Å². The predicted octanol–water partition coefficient (Wildman–Crippen LogP) is 3.75. The molecule has 2 aromatic carbocycles. The number of nitrogen functional groups attached to an aromatic ring is 1. The van der Waals surface area contributed by atoms with Crippen molar-refractivity contribution in [3.63, 3.8) is 0 Å². The minimum atomic E-state index is -0.263. The van der Waals surface area contributed by atoms with E-state index in [9.17, 15) is 9.59 Å². The van der Waals surface area contributed by atoms with Gasteiger partial charge in [-0.3, -0.25) is 9.59 Å². The van der Waals surface area contributed by atoms with Crippen LogP contribution in [0.15, 0.2) is 60.0 Å². The van der Waals surface area contributed by atoms with Crippen LogP contribution in [0.1, 0.15) is 10.4 Å². The molecule has 0 spiro atoms. The molecule has 3 aromatic rings. The second-order valence-electron chi connectivity index (χ2n) is 6.60. The highest BCUT2D eigenvalue weighted by atomic mass is 32.1. The topological polar surface area (TPSA) is 87.5 Å². The van der Waals surface area contributed by atoms with Gasteiger partial charge in [-0.05, 0) is 67.5 Å². The first kappa shape index (κ1) is 19.6. The summed E-state index contributed by atoms with van der Waals surface area (Å²) in [4.78, 5) is 27.3. The van der Waals surface area contributed by atoms with E-state index in [1.54, 1.807) is 46.6 Å². The molecule has 6 nitrogen and oxygen atoms in total. The summed E-state index contributed by atoms with van der Waals surface area (Å²) in [5, 5.41) is 7.65. The molecule has 0 saturated carbocycles. The van der Waals surface area contributed by atoms with Gasteiger partial charge in [-0.25, -0.2) is 0 Å². The van der Waals surface area contributed by atoms with Crippen molar-refractivity contribution in [1.82, 2.24) is 4.90 Å². The molecule has 1 heterocycles. The minimum Gasteiger partial charge on any atom is -0.397 e. The second-order valence-corrected chi connectivity index (χ2v) is 7.54. The number of carbonyl (C=O) groups is 2. The SMILES string of the molecule is CN(C)CC(=O)Nc1ccc(C(=O)Nc2cc(-c3cccs3)ccc2N)cc1. The van der Waals surface area contributed by atoms with Crippen molar-refractivity contribution in [2.75, 3.05) is 37.0 Å². The molecule has 0 aliphatic carbocycles. The van der Waals surface area contributed by atoms with Crippen LogP contribution < -0.4 is 16.4 Å². The van der Waals surface area contributed by atoms with Gasteiger partial charge in [-0.1, -0.05) is 12.1 Å². The summed E-state index contributed by atoms with van der Waals surface area (Å²) in [7, 11) is 3.65. The maximum Gasteiger partial charge on any atom is 0.255 e. The Morgan fingerprint density at radius 1 is 1.04 bits per heavy atom. The first-order chi connectivity index (χ1) is 13.4. The summed E-state index contributed by atoms with van der Waals surface area (Å²) in [5.74, 6) is -0.374. The number of nitrogens with zero attached hydrogens (tertiary/aromatic N) is 1. The third-order valence-electron chi connectivity index (χ3n) is 4.00. The van der Waals surface area contributed by atoms with E-state index in [-0.39, 0.29) is 11.8 Å². The number of rotatable bonds is 6. The molecule has 0 atom stereocenters. The van der Waals surface area contributed by atoms with Crippen LogP contribution in [-0.2, 0) is 4.79 Å². The first-order valence-electron chi connectivity index (χ1n) is 8.72. The number of hydrogen-bond donors (Lipinski definition) is 3.